The number of carbonyl (C=O) groups is 2. The summed E-state index contributed by atoms with van der Waals surface area (Å²) in [5.74, 6) is -0.275. The van der Waals surface area contributed by atoms with Crippen LogP contribution in [0.3, 0.4) is 0 Å². The normalized spacial score (nSPS) is 10.7. The smallest absolute Gasteiger partial charge is 0.262 e. The number of ketones is 1. The molecule has 0 bridgehead atoms. The summed E-state index contributed by atoms with van der Waals surface area (Å²) in [5.41, 5.74) is 3.21. The minimum Gasteiger partial charge on any atom is -0.483 e. The molecule has 0 fully saturated rings. The Morgan fingerprint density at radius 1 is 1.10 bits per heavy atom. The van der Waals surface area contributed by atoms with Crippen LogP contribution < -0.4 is 10.1 Å². The van der Waals surface area contributed by atoms with Crippen LogP contribution in [0.2, 0.25) is 5.02 Å². The number of amides is 1. The van der Waals surface area contributed by atoms with Crippen molar-refractivity contribution in [2.45, 2.75) is 6.92 Å². The molecule has 4 aromatic rings. The van der Waals surface area contributed by atoms with E-state index in [1.54, 1.807) is 48.7 Å². The van der Waals surface area contributed by atoms with Crippen LogP contribution in [0.4, 0.5) is 5.69 Å². The summed E-state index contributed by atoms with van der Waals surface area (Å²) in [7, 11) is 0. The third kappa shape index (κ3) is 4.18. The lowest BCUT2D eigenvalue weighted by Crippen LogP contribution is -2.21. The highest BCUT2D eigenvalue weighted by Crippen LogP contribution is 2.26. The summed E-state index contributed by atoms with van der Waals surface area (Å²) >= 11 is 6.08. The minimum absolute atomic E-state index is 0.228. The average molecular weight is 420 g/mol. The molecule has 0 aliphatic rings. The lowest BCUT2D eigenvalue weighted by molar-refractivity contribution is -0.118. The van der Waals surface area contributed by atoms with E-state index in [1.807, 2.05) is 25.1 Å². The van der Waals surface area contributed by atoms with Gasteiger partial charge in [0.1, 0.15) is 5.75 Å². The second kappa shape index (κ2) is 8.39. The summed E-state index contributed by atoms with van der Waals surface area (Å²) < 4.78 is 5.67. The molecule has 0 aliphatic heterocycles. The zero-order valence-corrected chi connectivity index (χ0v) is 16.9. The number of hydrogen-bond acceptors (Lipinski definition) is 4. The van der Waals surface area contributed by atoms with E-state index in [0.717, 1.165) is 16.5 Å². The fourth-order valence-electron chi connectivity index (χ4n) is 3.12. The van der Waals surface area contributed by atoms with E-state index in [9.17, 15) is 9.59 Å². The lowest BCUT2D eigenvalue weighted by Gasteiger charge is -2.13. The van der Waals surface area contributed by atoms with Crippen LogP contribution in [0, 0.1) is 6.92 Å². The van der Waals surface area contributed by atoms with E-state index < -0.39 is 0 Å². The number of halogens is 1. The van der Waals surface area contributed by atoms with Gasteiger partial charge in [-0.15, -0.1) is 0 Å². The molecule has 0 aliphatic carbocycles. The van der Waals surface area contributed by atoms with Crippen molar-refractivity contribution >= 4 is 39.9 Å². The highest BCUT2D eigenvalue weighted by molar-refractivity contribution is 6.31. The first kappa shape index (κ1) is 19.7. The predicted molar refractivity (Wildman–Crippen MR) is 116 cm³/mol. The van der Waals surface area contributed by atoms with E-state index >= 15 is 0 Å². The highest BCUT2D eigenvalue weighted by Gasteiger charge is 2.17. The van der Waals surface area contributed by atoms with E-state index in [1.165, 1.54) is 0 Å². The number of fused-ring (bicyclic) bond motifs is 1. The topological polar surface area (TPSA) is 84.1 Å². The molecule has 0 atom stereocenters. The van der Waals surface area contributed by atoms with Crippen molar-refractivity contribution in [3.05, 3.63) is 88.6 Å². The Bertz CT molecular complexity index is 1240. The van der Waals surface area contributed by atoms with Crippen LogP contribution in [0.5, 0.6) is 5.75 Å². The van der Waals surface area contributed by atoms with Crippen molar-refractivity contribution in [1.82, 2.24) is 10.2 Å². The van der Waals surface area contributed by atoms with E-state index in [2.05, 4.69) is 15.5 Å². The first-order valence-electron chi connectivity index (χ1n) is 9.27. The van der Waals surface area contributed by atoms with Crippen molar-refractivity contribution < 1.29 is 14.3 Å². The first-order chi connectivity index (χ1) is 14.5. The minimum atomic E-state index is -0.343. The second-order valence-corrected chi connectivity index (χ2v) is 7.23. The van der Waals surface area contributed by atoms with Gasteiger partial charge in [0, 0.05) is 21.7 Å². The summed E-state index contributed by atoms with van der Waals surface area (Å²) in [6.45, 7) is 1.65. The molecule has 1 aromatic heterocycles. The number of anilines is 1. The molecule has 0 saturated heterocycles. The Morgan fingerprint density at radius 3 is 2.70 bits per heavy atom. The number of aromatic amines is 1. The number of nitrogens with one attached hydrogen (secondary N) is 2. The molecule has 150 valence electrons. The van der Waals surface area contributed by atoms with Crippen molar-refractivity contribution in [2.24, 2.45) is 0 Å². The number of aromatic nitrogens is 2. The van der Waals surface area contributed by atoms with Crippen LogP contribution in [-0.2, 0) is 4.79 Å². The summed E-state index contributed by atoms with van der Waals surface area (Å²) in [6.07, 6.45) is 1.73. The summed E-state index contributed by atoms with van der Waals surface area (Å²) in [5, 5.41) is 11.1. The molecule has 1 heterocycles. The third-order valence-electron chi connectivity index (χ3n) is 4.64. The number of aryl methyl sites for hydroxylation is 1. The lowest BCUT2D eigenvalue weighted by atomic mass is 10.0. The molecule has 30 heavy (non-hydrogen) atoms. The fraction of sp³-hybridized carbons (Fsp3) is 0.0870. The molecule has 0 radical (unpaired) electrons. The zero-order chi connectivity index (χ0) is 21.1. The monoisotopic (exact) mass is 419 g/mol. The van der Waals surface area contributed by atoms with Crippen LogP contribution >= 0.6 is 11.6 Å². The highest BCUT2D eigenvalue weighted by atomic mass is 35.5. The molecule has 6 nitrogen and oxygen atoms in total. The standard InChI is InChI=1S/C23H18ClN3O3/c1-14-9-16-12-25-27-20(16)11-19(14)26-22(28)13-30-21-8-7-17(24)10-18(21)23(29)15-5-3-2-4-6-15/h2-12H,13H2,1H3,(H,25,27)(H,26,28). The molecular formula is C23H18ClN3O3. The Hall–Kier alpha value is -3.64. The van der Waals surface area contributed by atoms with Gasteiger partial charge >= 0.3 is 0 Å². The maximum atomic E-state index is 12.9. The molecule has 4 rings (SSSR count). The van der Waals surface area contributed by atoms with Crippen molar-refractivity contribution in [3.63, 3.8) is 0 Å². The first-order valence-corrected chi connectivity index (χ1v) is 9.65. The van der Waals surface area contributed by atoms with Gasteiger partial charge in [0.25, 0.3) is 5.91 Å². The van der Waals surface area contributed by atoms with Crippen LogP contribution in [-0.4, -0.2) is 28.5 Å². The Labute approximate surface area is 177 Å². The van der Waals surface area contributed by atoms with Gasteiger partial charge in [-0.1, -0.05) is 41.9 Å². The number of carbonyl (C=O) groups excluding carboxylic acids is 2. The van der Waals surface area contributed by atoms with Crippen LogP contribution in [0.25, 0.3) is 10.9 Å². The molecule has 3 aromatic carbocycles. The maximum absolute atomic E-state index is 12.9. The molecule has 2 N–H and O–H groups in total. The largest absolute Gasteiger partial charge is 0.483 e. The number of benzene rings is 3. The van der Waals surface area contributed by atoms with Crippen molar-refractivity contribution in [1.29, 1.82) is 0 Å². The quantitative estimate of drug-likeness (QED) is 0.441. The number of ether oxygens (including phenoxy) is 1. The second-order valence-electron chi connectivity index (χ2n) is 6.80. The Balaban J connectivity index is 1.50. The molecule has 0 unspecified atom stereocenters. The third-order valence-corrected chi connectivity index (χ3v) is 4.88. The van der Waals surface area contributed by atoms with E-state index in [4.69, 9.17) is 16.3 Å². The van der Waals surface area contributed by atoms with Gasteiger partial charge in [0.2, 0.25) is 0 Å². The zero-order valence-electron chi connectivity index (χ0n) is 16.1. The Kier molecular flexibility index (Phi) is 5.50. The fourth-order valence-corrected chi connectivity index (χ4v) is 3.29. The molecule has 0 saturated carbocycles. The summed E-state index contributed by atoms with van der Waals surface area (Å²) in [4.78, 5) is 25.3. The number of H-pyrrole nitrogens is 1. The van der Waals surface area contributed by atoms with E-state index in [-0.39, 0.29) is 18.3 Å². The van der Waals surface area contributed by atoms with Crippen molar-refractivity contribution in [3.8, 4) is 5.75 Å². The van der Waals surface area contributed by atoms with E-state index in [0.29, 0.717) is 27.6 Å². The molecular weight excluding hydrogens is 402 g/mol. The van der Waals surface area contributed by atoms with Gasteiger partial charge < -0.3 is 10.1 Å². The maximum Gasteiger partial charge on any atom is 0.262 e. The van der Waals surface area contributed by atoms with Crippen LogP contribution in [0.15, 0.2) is 66.9 Å². The van der Waals surface area contributed by atoms with Crippen LogP contribution in [0.1, 0.15) is 21.5 Å². The van der Waals surface area contributed by atoms with Gasteiger partial charge in [0.05, 0.1) is 17.3 Å². The predicted octanol–water partition coefficient (Wildman–Crippen LogP) is 4.77. The van der Waals surface area contributed by atoms with Gasteiger partial charge in [-0.05, 0) is 42.8 Å². The Morgan fingerprint density at radius 2 is 1.90 bits per heavy atom. The van der Waals surface area contributed by atoms with Gasteiger partial charge in [-0.2, -0.15) is 5.10 Å². The number of nitrogens with zero attached hydrogens (tertiary/aromatic N) is 1. The number of rotatable bonds is 6. The van der Waals surface area contributed by atoms with Gasteiger partial charge in [-0.3, -0.25) is 14.7 Å². The number of hydrogen-bond donors (Lipinski definition) is 2. The van der Waals surface area contributed by atoms with Gasteiger partial charge in [0.15, 0.2) is 12.4 Å². The average Bonchev–Trinajstić information content (AvgIpc) is 3.20. The van der Waals surface area contributed by atoms with Crippen molar-refractivity contribution in [2.75, 3.05) is 11.9 Å². The molecule has 0 spiro atoms. The van der Waals surface area contributed by atoms with Gasteiger partial charge in [-0.25, -0.2) is 0 Å². The molecule has 7 heteroatoms. The summed E-state index contributed by atoms with van der Waals surface area (Å²) in [6, 6.07) is 17.3. The SMILES string of the molecule is Cc1cc2cn[nH]c2cc1NC(=O)COc1ccc(Cl)cc1C(=O)c1ccccc1. The molecule has 1 amide bonds.